The van der Waals surface area contributed by atoms with Crippen molar-refractivity contribution in [2.24, 2.45) is 11.3 Å². The number of carbonyl (C=O) groups excluding carboxylic acids is 2. The normalized spacial score (nSPS) is 15.8. The summed E-state index contributed by atoms with van der Waals surface area (Å²) in [5.74, 6) is -9.75. The average Bonchev–Trinajstić information content (AvgIpc) is 2.61. The highest BCUT2D eigenvalue weighted by Gasteiger charge is 2.32. The van der Waals surface area contributed by atoms with Gasteiger partial charge in [0.15, 0.2) is 17.5 Å². The minimum Gasteiger partial charge on any atom is -0.420 e. The average molecular weight is 389 g/mol. The van der Waals surface area contributed by atoms with Gasteiger partial charge in [0.1, 0.15) is 6.42 Å². The molecule has 0 N–H and O–H groups in total. The maximum atomic E-state index is 13.9. The summed E-state index contributed by atoms with van der Waals surface area (Å²) in [6, 6.07) is 0. The Hall–Kier alpha value is -2.12. The van der Waals surface area contributed by atoms with Crippen molar-refractivity contribution in [1.82, 2.24) is 4.90 Å². The number of amides is 1. The standard InChI is InChI=1S/C19H23F4NO3/c1-10-14(20)16(22)17(23)18(15(10)21)27-13(26)9-12(25)24-7-5-11(6-8-24)19(2,3)4/h11H,5-9H2,1-4H3. The molecule has 0 unspecified atom stereocenters. The highest BCUT2D eigenvalue weighted by Crippen LogP contribution is 2.34. The summed E-state index contributed by atoms with van der Waals surface area (Å²) in [7, 11) is 0. The van der Waals surface area contributed by atoms with Gasteiger partial charge in [-0.05, 0) is 31.1 Å². The van der Waals surface area contributed by atoms with E-state index in [9.17, 15) is 27.2 Å². The number of ether oxygens (including phenoxy) is 1. The molecule has 8 heteroatoms. The van der Waals surface area contributed by atoms with Gasteiger partial charge in [0, 0.05) is 18.7 Å². The lowest BCUT2D eigenvalue weighted by molar-refractivity contribution is -0.143. The zero-order valence-electron chi connectivity index (χ0n) is 15.8. The fourth-order valence-corrected chi connectivity index (χ4v) is 3.19. The summed E-state index contributed by atoms with van der Waals surface area (Å²) < 4.78 is 58.7. The number of carbonyl (C=O) groups is 2. The van der Waals surface area contributed by atoms with Crippen LogP contribution in [-0.4, -0.2) is 29.9 Å². The lowest BCUT2D eigenvalue weighted by Crippen LogP contribution is -2.42. The third-order valence-electron chi connectivity index (χ3n) is 5.03. The summed E-state index contributed by atoms with van der Waals surface area (Å²) in [5, 5.41) is 0. The van der Waals surface area contributed by atoms with Gasteiger partial charge in [-0.15, -0.1) is 0 Å². The molecule has 0 aliphatic carbocycles. The van der Waals surface area contributed by atoms with E-state index in [1.807, 2.05) is 0 Å². The van der Waals surface area contributed by atoms with E-state index in [1.54, 1.807) is 0 Å². The molecule has 1 heterocycles. The van der Waals surface area contributed by atoms with Crippen molar-refractivity contribution < 1.29 is 31.9 Å². The van der Waals surface area contributed by atoms with Crippen molar-refractivity contribution in [3.05, 3.63) is 28.8 Å². The number of esters is 1. The Kier molecular flexibility index (Phi) is 6.17. The Morgan fingerprint density at radius 2 is 1.56 bits per heavy atom. The van der Waals surface area contributed by atoms with Crippen molar-refractivity contribution in [1.29, 1.82) is 0 Å². The molecule has 4 nitrogen and oxygen atoms in total. The van der Waals surface area contributed by atoms with E-state index in [-0.39, 0.29) is 5.41 Å². The van der Waals surface area contributed by atoms with Crippen LogP contribution in [0.2, 0.25) is 0 Å². The minimum absolute atomic E-state index is 0.119. The Morgan fingerprint density at radius 1 is 1.00 bits per heavy atom. The monoisotopic (exact) mass is 389 g/mol. The van der Waals surface area contributed by atoms with Gasteiger partial charge in [0.2, 0.25) is 17.5 Å². The largest absolute Gasteiger partial charge is 0.420 e. The van der Waals surface area contributed by atoms with E-state index in [1.165, 1.54) is 4.90 Å². The molecule has 1 aliphatic rings. The van der Waals surface area contributed by atoms with Gasteiger partial charge in [-0.2, -0.15) is 4.39 Å². The quantitative estimate of drug-likeness (QED) is 0.195. The van der Waals surface area contributed by atoms with Crippen LogP contribution < -0.4 is 4.74 Å². The van der Waals surface area contributed by atoms with E-state index < -0.39 is 52.9 Å². The molecule has 1 amide bonds. The molecule has 1 fully saturated rings. The lowest BCUT2D eigenvalue weighted by atomic mass is 9.75. The highest BCUT2D eigenvalue weighted by atomic mass is 19.2. The van der Waals surface area contributed by atoms with E-state index >= 15 is 0 Å². The van der Waals surface area contributed by atoms with Gasteiger partial charge in [-0.3, -0.25) is 9.59 Å². The van der Waals surface area contributed by atoms with Crippen LogP contribution in [0.15, 0.2) is 0 Å². The van der Waals surface area contributed by atoms with Crippen molar-refractivity contribution in [3.8, 4) is 5.75 Å². The molecule has 1 aromatic carbocycles. The first-order valence-corrected chi connectivity index (χ1v) is 8.74. The lowest BCUT2D eigenvalue weighted by Gasteiger charge is -2.38. The Morgan fingerprint density at radius 3 is 2.07 bits per heavy atom. The van der Waals surface area contributed by atoms with Gasteiger partial charge in [0.05, 0.1) is 0 Å². The Bertz CT molecular complexity index is 721. The molecular formula is C19H23F4NO3. The second-order valence-corrected chi connectivity index (χ2v) is 7.88. The fourth-order valence-electron chi connectivity index (χ4n) is 3.19. The zero-order chi connectivity index (χ0) is 20.5. The molecule has 2 rings (SSSR count). The van der Waals surface area contributed by atoms with Crippen LogP contribution in [0.25, 0.3) is 0 Å². The molecule has 150 valence electrons. The predicted octanol–water partition coefficient (Wildman–Crippen LogP) is 4.13. The Balaban J connectivity index is 2.00. The first-order chi connectivity index (χ1) is 12.4. The summed E-state index contributed by atoms with van der Waals surface area (Å²) >= 11 is 0. The molecule has 0 aromatic heterocycles. The number of hydrogen-bond donors (Lipinski definition) is 0. The molecule has 1 aromatic rings. The molecule has 0 spiro atoms. The van der Waals surface area contributed by atoms with Gasteiger partial charge < -0.3 is 9.64 Å². The fraction of sp³-hybridized carbons (Fsp3) is 0.579. The maximum Gasteiger partial charge on any atom is 0.320 e. The van der Waals surface area contributed by atoms with Crippen molar-refractivity contribution in [2.75, 3.05) is 13.1 Å². The van der Waals surface area contributed by atoms with E-state index in [0.717, 1.165) is 19.8 Å². The molecule has 1 saturated heterocycles. The molecule has 0 bridgehead atoms. The smallest absolute Gasteiger partial charge is 0.320 e. The maximum absolute atomic E-state index is 13.9. The van der Waals surface area contributed by atoms with Crippen LogP contribution in [0.1, 0.15) is 45.6 Å². The van der Waals surface area contributed by atoms with Crippen molar-refractivity contribution >= 4 is 11.9 Å². The van der Waals surface area contributed by atoms with Crippen LogP contribution in [0.5, 0.6) is 5.75 Å². The van der Waals surface area contributed by atoms with E-state index in [2.05, 4.69) is 25.5 Å². The molecule has 1 aliphatic heterocycles. The van der Waals surface area contributed by atoms with Crippen LogP contribution >= 0.6 is 0 Å². The number of hydrogen-bond acceptors (Lipinski definition) is 3. The van der Waals surface area contributed by atoms with Gasteiger partial charge in [-0.1, -0.05) is 20.8 Å². The van der Waals surface area contributed by atoms with Crippen LogP contribution in [0, 0.1) is 41.5 Å². The van der Waals surface area contributed by atoms with Crippen molar-refractivity contribution in [3.63, 3.8) is 0 Å². The topological polar surface area (TPSA) is 46.6 Å². The second kappa shape index (κ2) is 7.86. The molecule has 27 heavy (non-hydrogen) atoms. The zero-order valence-corrected chi connectivity index (χ0v) is 15.8. The SMILES string of the molecule is Cc1c(F)c(F)c(F)c(OC(=O)CC(=O)N2CCC(C(C)(C)C)CC2)c1F. The first kappa shape index (κ1) is 21.2. The van der Waals surface area contributed by atoms with E-state index in [4.69, 9.17) is 0 Å². The molecule has 0 radical (unpaired) electrons. The second-order valence-electron chi connectivity index (χ2n) is 7.88. The van der Waals surface area contributed by atoms with Gasteiger partial charge >= 0.3 is 5.97 Å². The van der Waals surface area contributed by atoms with Crippen molar-refractivity contribution in [2.45, 2.75) is 47.0 Å². The molecular weight excluding hydrogens is 366 g/mol. The minimum atomic E-state index is -1.94. The number of rotatable bonds is 3. The summed E-state index contributed by atoms with van der Waals surface area (Å²) in [6.45, 7) is 8.20. The summed E-state index contributed by atoms with van der Waals surface area (Å²) in [6.07, 6.45) is 0.836. The Labute approximate surface area is 155 Å². The van der Waals surface area contributed by atoms with Gasteiger partial charge in [-0.25, -0.2) is 13.2 Å². The summed E-state index contributed by atoms with van der Waals surface area (Å²) in [4.78, 5) is 25.6. The number of piperidine rings is 1. The summed E-state index contributed by atoms with van der Waals surface area (Å²) in [5.41, 5.74) is -0.694. The molecule has 0 atom stereocenters. The number of benzene rings is 1. The predicted molar refractivity (Wildman–Crippen MR) is 90.0 cm³/mol. The number of halogens is 4. The molecule has 0 saturated carbocycles. The number of likely N-dealkylation sites (tertiary alicyclic amines) is 1. The van der Waals surface area contributed by atoms with Crippen LogP contribution in [0.4, 0.5) is 17.6 Å². The van der Waals surface area contributed by atoms with E-state index in [0.29, 0.717) is 19.0 Å². The van der Waals surface area contributed by atoms with Gasteiger partial charge in [0.25, 0.3) is 0 Å². The van der Waals surface area contributed by atoms with Crippen LogP contribution in [-0.2, 0) is 9.59 Å². The highest BCUT2D eigenvalue weighted by molar-refractivity contribution is 5.95. The third-order valence-corrected chi connectivity index (χ3v) is 5.03. The van der Waals surface area contributed by atoms with Crippen LogP contribution in [0.3, 0.4) is 0 Å². The third kappa shape index (κ3) is 4.59. The number of nitrogens with zero attached hydrogens (tertiary/aromatic N) is 1. The first-order valence-electron chi connectivity index (χ1n) is 8.74.